The van der Waals surface area contributed by atoms with Crippen LogP contribution in [-0.2, 0) is 0 Å². The number of carbonyl (C=O) groups is 1. The van der Waals surface area contributed by atoms with Crippen LogP contribution in [0.4, 0.5) is 0 Å². The summed E-state index contributed by atoms with van der Waals surface area (Å²) in [6.45, 7) is 2.20. The summed E-state index contributed by atoms with van der Waals surface area (Å²) >= 11 is 3.28. The molecule has 3 nitrogen and oxygen atoms in total. The summed E-state index contributed by atoms with van der Waals surface area (Å²) in [5.41, 5.74) is 0.267. The molecule has 1 aromatic rings. The van der Waals surface area contributed by atoms with Crippen molar-refractivity contribution in [1.82, 2.24) is 0 Å². The van der Waals surface area contributed by atoms with Gasteiger partial charge in [-0.1, -0.05) is 13.3 Å². The first-order valence-electron chi connectivity index (χ1n) is 6.81. The van der Waals surface area contributed by atoms with Crippen molar-refractivity contribution in [2.75, 3.05) is 0 Å². The standard InChI is InChI=1S/C15H19BrO3/c1-2-10-5-3-4-6-14(10)19-11-7-8-12(15(17)18)13(16)9-11/h7-10,14H,2-6H2,1H3,(H,17,18). The zero-order valence-electron chi connectivity index (χ0n) is 11.1. The topological polar surface area (TPSA) is 46.5 Å². The van der Waals surface area contributed by atoms with Gasteiger partial charge < -0.3 is 9.84 Å². The van der Waals surface area contributed by atoms with E-state index in [1.54, 1.807) is 18.2 Å². The van der Waals surface area contributed by atoms with Crippen molar-refractivity contribution in [3.8, 4) is 5.75 Å². The van der Waals surface area contributed by atoms with Crippen molar-refractivity contribution in [2.45, 2.75) is 45.1 Å². The molecule has 0 aromatic heterocycles. The second kappa shape index (κ2) is 6.42. The van der Waals surface area contributed by atoms with Crippen molar-refractivity contribution >= 4 is 21.9 Å². The minimum absolute atomic E-state index is 0.265. The van der Waals surface area contributed by atoms with Gasteiger partial charge in [0.2, 0.25) is 0 Å². The number of aromatic carboxylic acids is 1. The molecule has 0 amide bonds. The highest BCUT2D eigenvalue weighted by molar-refractivity contribution is 9.10. The van der Waals surface area contributed by atoms with Gasteiger partial charge in [-0.2, -0.15) is 0 Å². The molecule has 2 atom stereocenters. The predicted octanol–water partition coefficient (Wildman–Crippen LogP) is 4.49. The number of halogens is 1. The number of carboxylic acids is 1. The van der Waals surface area contributed by atoms with E-state index >= 15 is 0 Å². The number of rotatable bonds is 4. The van der Waals surface area contributed by atoms with Crippen molar-refractivity contribution in [3.63, 3.8) is 0 Å². The van der Waals surface area contributed by atoms with Crippen LogP contribution in [0.2, 0.25) is 0 Å². The van der Waals surface area contributed by atoms with Gasteiger partial charge in [-0.25, -0.2) is 4.79 Å². The molecule has 1 fully saturated rings. The fraction of sp³-hybridized carbons (Fsp3) is 0.533. The van der Waals surface area contributed by atoms with Crippen molar-refractivity contribution in [1.29, 1.82) is 0 Å². The second-order valence-electron chi connectivity index (χ2n) is 5.06. The largest absolute Gasteiger partial charge is 0.490 e. The summed E-state index contributed by atoms with van der Waals surface area (Å²) in [7, 11) is 0. The Morgan fingerprint density at radius 2 is 2.16 bits per heavy atom. The van der Waals surface area contributed by atoms with E-state index in [0.717, 1.165) is 18.6 Å². The number of hydrogen-bond donors (Lipinski definition) is 1. The zero-order valence-corrected chi connectivity index (χ0v) is 12.6. The van der Waals surface area contributed by atoms with Crippen molar-refractivity contribution in [2.24, 2.45) is 5.92 Å². The first kappa shape index (κ1) is 14.4. The van der Waals surface area contributed by atoms with Gasteiger partial charge in [0.05, 0.1) is 5.56 Å². The van der Waals surface area contributed by atoms with Crippen LogP contribution in [0.3, 0.4) is 0 Å². The van der Waals surface area contributed by atoms with Crippen LogP contribution in [-0.4, -0.2) is 17.2 Å². The molecule has 0 heterocycles. The summed E-state index contributed by atoms with van der Waals surface area (Å²) in [6.07, 6.45) is 6.24. The molecule has 1 aliphatic carbocycles. The van der Waals surface area contributed by atoms with Gasteiger partial charge in [-0.15, -0.1) is 0 Å². The third kappa shape index (κ3) is 3.50. The van der Waals surface area contributed by atoms with E-state index in [1.165, 1.54) is 19.3 Å². The predicted molar refractivity (Wildman–Crippen MR) is 77.8 cm³/mol. The Labute approximate surface area is 122 Å². The molecule has 2 rings (SSSR count). The first-order valence-corrected chi connectivity index (χ1v) is 7.60. The van der Waals surface area contributed by atoms with E-state index in [0.29, 0.717) is 10.4 Å². The van der Waals surface area contributed by atoms with E-state index in [9.17, 15) is 4.79 Å². The number of hydrogen-bond acceptors (Lipinski definition) is 2. The average Bonchev–Trinajstić information content (AvgIpc) is 2.39. The molecule has 1 saturated carbocycles. The fourth-order valence-electron chi connectivity index (χ4n) is 2.71. The van der Waals surface area contributed by atoms with Crippen molar-refractivity contribution < 1.29 is 14.6 Å². The fourth-order valence-corrected chi connectivity index (χ4v) is 3.24. The van der Waals surface area contributed by atoms with E-state index < -0.39 is 5.97 Å². The average molecular weight is 327 g/mol. The molecule has 4 heteroatoms. The van der Waals surface area contributed by atoms with Crippen LogP contribution in [0.1, 0.15) is 49.4 Å². The Morgan fingerprint density at radius 3 is 2.79 bits per heavy atom. The van der Waals surface area contributed by atoms with Crippen LogP contribution < -0.4 is 4.74 Å². The molecule has 1 N–H and O–H groups in total. The third-order valence-corrected chi connectivity index (χ3v) is 4.48. The second-order valence-corrected chi connectivity index (χ2v) is 5.91. The van der Waals surface area contributed by atoms with E-state index in [-0.39, 0.29) is 11.7 Å². The molecule has 1 aliphatic rings. The lowest BCUT2D eigenvalue weighted by Gasteiger charge is -2.31. The third-order valence-electron chi connectivity index (χ3n) is 3.82. The lowest BCUT2D eigenvalue weighted by atomic mass is 9.85. The van der Waals surface area contributed by atoms with Crippen LogP contribution in [0.15, 0.2) is 22.7 Å². The van der Waals surface area contributed by atoms with Gasteiger partial charge in [0.1, 0.15) is 11.9 Å². The summed E-state index contributed by atoms with van der Waals surface area (Å²) in [6, 6.07) is 5.09. The Morgan fingerprint density at radius 1 is 1.42 bits per heavy atom. The number of benzene rings is 1. The Balaban J connectivity index is 2.10. The van der Waals surface area contributed by atoms with E-state index in [2.05, 4.69) is 22.9 Å². The minimum atomic E-state index is -0.928. The molecule has 2 unspecified atom stereocenters. The zero-order chi connectivity index (χ0) is 13.8. The Hall–Kier alpha value is -1.03. The van der Waals surface area contributed by atoms with Gasteiger partial charge in [0.15, 0.2) is 0 Å². The minimum Gasteiger partial charge on any atom is -0.490 e. The normalized spacial score (nSPS) is 23.1. The molecule has 0 saturated heterocycles. The highest BCUT2D eigenvalue weighted by atomic mass is 79.9. The highest BCUT2D eigenvalue weighted by Gasteiger charge is 2.25. The molecule has 0 bridgehead atoms. The molecular formula is C15H19BrO3. The van der Waals surface area contributed by atoms with Gasteiger partial charge >= 0.3 is 5.97 Å². The summed E-state index contributed by atoms with van der Waals surface area (Å²) in [4.78, 5) is 11.0. The molecule has 0 aliphatic heterocycles. The maximum Gasteiger partial charge on any atom is 0.336 e. The van der Waals surface area contributed by atoms with Crippen LogP contribution in [0.25, 0.3) is 0 Å². The summed E-state index contributed by atoms with van der Waals surface area (Å²) in [5.74, 6) is 0.441. The van der Waals surface area contributed by atoms with Gasteiger partial charge in [-0.05, 0) is 65.7 Å². The van der Waals surface area contributed by atoms with Crippen LogP contribution >= 0.6 is 15.9 Å². The maximum absolute atomic E-state index is 11.0. The quantitative estimate of drug-likeness (QED) is 0.886. The smallest absolute Gasteiger partial charge is 0.336 e. The first-order chi connectivity index (χ1) is 9.11. The Bertz CT molecular complexity index is 459. The Kier molecular flexibility index (Phi) is 4.86. The van der Waals surface area contributed by atoms with Gasteiger partial charge in [0.25, 0.3) is 0 Å². The van der Waals surface area contributed by atoms with Gasteiger partial charge in [-0.3, -0.25) is 0 Å². The molecule has 0 spiro atoms. The highest BCUT2D eigenvalue weighted by Crippen LogP contribution is 2.32. The van der Waals surface area contributed by atoms with E-state index in [1.807, 2.05) is 0 Å². The lowest BCUT2D eigenvalue weighted by molar-refractivity contribution is 0.0695. The van der Waals surface area contributed by atoms with Crippen LogP contribution in [0, 0.1) is 5.92 Å². The number of carboxylic acid groups (broad SMARTS) is 1. The molecule has 104 valence electrons. The summed E-state index contributed by atoms with van der Waals surface area (Å²) < 4.78 is 6.62. The lowest BCUT2D eigenvalue weighted by Crippen LogP contribution is -2.29. The number of ether oxygens (including phenoxy) is 1. The monoisotopic (exact) mass is 326 g/mol. The maximum atomic E-state index is 11.0. The van der Waals surface area contributed by atoms with Crippen LogP contribution in [0.5, 0.6) is 5.75 Å². The molecule has 1 aromatic carbocycles. The molecular weight excluding hydrogens is 308 g/mol. The SMILES string of the molecule is CCC1CCCCC1Oc1ccc(C(=O)O)c(Br)c1. The van der Waals surface area contributed by atoms with E-state index in [4.69, 9.17) is 9.84 Å². The summed E-state index contributed by atoms with van der Waals surface area (Å²) in [5, 5.41) is 8.99. The molecule has 19 heavy (non-hydrogen) atoms. The van der Waals surface area contributed by atoms with Crippen molar-refractivity contribution in [3.05, 3.63) is 28.2 Å². The van der Waals surface area contributed by atoms with Gasteiger partial charge in [0, 0.05) is 4.47 Å². The molecule has 0 radical (unpaired) electrons.